The molecule has 3 nitrogen and oxygen atoms in total. The maximum Gasteiger partial charge on any atom is 0.257 e. The Morgan fingerprint density at radius 2 is 1.84 bits per heavy atom. The molecular formula is C14H16Cl2N2O. The second-order valence-corrected chi connectivity index (χ2v) is 6.00. The van der Waals surface area contributed by atoms with E-state index in [1.54, 1.807) is 18.2 Å². The average molecular weight is 299 g/mol. The molecular weight excluding hydrogens is 283 g/mol. The lowest BCUT2D eigenvalue weighted by Gasteiger charge is -2.28. The molecule has 1 amide bonds. The van der Waals surface area contributed by atoms with Gasteiger partial charge in [-0.05, 0) is 37.9 Å². The van der Waals surface area contributed by atoms with Crippen LogP contribution in [0.25, 0.3) is 0 Å². The van der Waals surface area contributed by atoms with Crippen LogP contribution in [-0.2, 0) is 0 Å². The highest BCUT2D eigenvalue weighted by Gasteiger charge is 2.39. The van der Waals surface area contributed by atoms with Gasteiger partial charge in [-0.15, -0.1) is 0 Å². The monoisotopic (exact) mass is 298 g/mol. The molecule has 0 spiro atoms. The lowest BCUT2D eigenvalue weighted by atomic mass is 10.1. The van der Waals surface area contributed by atoms with Crippen LogP contribution >= 0.6 is 23.2 Å². The molecule has 2 atom stereocenters. The fraction of sp³-hybridized carbons (Fsp3) is 0.500. The maximum absolute atomic E-state index is 12.8. The van der Waals surface area contributed by atoms with Gasteiger partial charge in [0.1, 0.15) is 0 Å². The van der Waals surface area contributed by atoms with Crippen molar-refractivity contribution in [2.24, 2.45) is 0 Å². The van der Waals surface area contributed by atoms with Gasteiger partial charge in [-0.3, -0.25) is 4.79 Å². The van der Waals surface area contributed by atoms with Crippen molar-refractivity contribution >= 4 is 29.1 Å². The smallest absolute Gasteiger partial charge is 0.257 e. The largest absolute Gasteiger partial charge is 0.331 e. The predicted octanol–water partition coefficient (Wildman–Crippen LogP) is 2.96. The zero-order valence-corrected chi connectivity index (χ0v) is 12.0. The van der Waals surface area contributed by atoms with Crippen molar-refractivity contribution in [3.63, 3.8) is 0 Å². The van der Waals surface area contributed by atoms with Crippen LogP contribution in [0.2, 0.25) is 10.0 Å². The van der Waals surface area contributed by atoms with Crippen molar-refractivity contribution in [1.29, 1.82) is 0 Å². The first-order chi connectivity index (χ1) is 9.18. The fourth-order valence-corrected chi connectivity index (χ4v) is 3.70. The van der Waals surface area contributed by atoms with Crippen LogP contribution in [-0.4, -0.2) is 36.0 Å². The van der Waals surface area contributed by atoms with Crippen molar-refractivity contribution in [3.05, 3.63) is 33.8 Å². The molecule has 2 heterocycles. The van der Waals surface area contributed by atoms with Crippen LogP contribution in [0.15, 0.2) is 18.2 Å². The molecule has 5 heteroatoms. The van der Waals surface area contributed by atoms with Crippen molar-refractivity contribution in [2.75, 3.05) is 13.1 Å². The SMILES string of the molecule is O=C(c1c(Cl)cccc1Cl)N1C2CCNCC1CC2. The summed E-state index contributed by atoms with van der Waals surface area (Å²) in [7, 11) is 0. The number of hydrogen-bond acceptors (Lipinski definition) is 2. The van der Waals surface area contributed by atoms with Crippen LogP contribution in [0, 0.1) is 0 Å². The van der Waals surface area contributed by atoms with E-state index >= 15 is 0 Å². The standard InChI is InChI=1S/C14H16Cl2N2O/c15-11-2-1-3-12(16)13(11)14(19)18-9-4-5-10(18)8-17-7-6-9/h1-3,9-10,17H,4-8H2. The number of fused-ring (bicyclic) bond motifs is 2. The summed E-state index contributed by atoms with van der Waals surface area (Å²) in [6.07, 6.45) is 3.15. The predicted molar refractivity (Wildman–Crippen MR) is 76.9 cm³/mol. The molecule has 2 aliphatic rings. The molecule has 2 aliphatic heterocycles. The van der Waals surface area contributed by atoms with Crippen molar-refractivity contribution < 1.29 is 4.79 Å². The second kappa shape index (κ2) is 5.31. The molecule has 19 heavy (non-hydrogen) atoms. The molecule has 102 valence electrons. The highest BCUT2D eigenvalue weighted by molar-refractivity contribution is 6.39. The number of benzene rings is 1. The third-order valence-electron chi connectivity index (χ3n) is 4.07. The van der Waals surface area contributed by atoms with Gasteiger partial charge in [0.05, 0.1) is 15.6 Å². The number of carbonyl (C=O) groups is 1. The highest BCUT2D eigenvalue weighted by atomic mass is 35.5. The summed E-state index contributed by atoms with van der Waals surface area (Å²) in [6, 6.07) is 5.80. The number of halogens is 2. The van der Waals surface area contributed by atoms with Gasteiger partial charge in [0.25, 0.3) is 5.91 Å². The number of rotatable bonds is 1. The molecule has 0 saturated carbocycles. The van der Waals surface area contributed by atoms with Gasteiger partial charge in [-0.25, -0.2) is 0 Å². The summed E-state index contributed by atoms with van der Waals surface area (Å²) in [5, 5.41) is 4.26. The first kappa shape index (κ1) is 13.2. The molecule has 2 saturated heterocycles. The third-order valence-corrected chi connectivity index (χ3v) is 4.70. The number of nitrogens with one attached hydrogen (secondary N) is 1. The van der Waals surface area contributed by atoms with Crippen LogP contribution in [0.4, 0.5) is 0 Å². The van der Waals surface area contributed by atoms with E-state index in [2.05, 4.69) is 5.32 Å². The minimum atomic E-state index is -0.0215. The summed E-state index contributed by atoms with van der Waals surface area (Å²) in [5.74, 6) is -0.0215. The van der Waals surface area contributed by atoms with Crippen LogP contribution in [0.3, 0.4) is 0 Å². The van der Waals surface area contributed by atoms with Gasteiger partial charge < -0.3 is 10.2 Å². The van der Waals surface area contributed by atoms with Gasteiger partial charge in [-0.2, -0.15) is 0 Å². The number of amides is 1. The fourth-order valence-electron chi connectivity index (χ4n) is 3.15. The maximum atomic E-state index is 12.8. The van der Waals surface area contributed by atoms with Crippen LogP contribution < -0.4 is 5.32 Å². The summed E-state index contributed by atoms with van der Waals surface area (Å²) in [4.78, 5) is 14.8. The Morgan fingerprint density at radius 3 is 2.58 bits per heavy atom. The molecule has 2 bridgehead atoms. The van der Waals surface area contributed by atoms with Gasteiger partial charge >= 0.3 is 0 Å². The Hall–Kier alpha value is -0.770. The van der Waals surface area contributed by atoms with E-state index in [1.165, 1.54) is 0 Å². The molecule has 3 rings (SSSR count). The Morgan fingerprint density at radius 1 is 1.16 bits per heavy atom. The van der Waals surface area contributed by atoms with E-state index in [4.69, 9.17) is 23.2 Å². The topological polar surface area (TPSA) is 32.3 Å². The summed E-state index contributed by atoms with van der Waals surface area (Å²) in [6.45, 7) is 1.84. The van der Waals surface area contributed by atoms with Crippen LogP contribution in [0.5, 0.6) is 0 Å². The summed E-state index contributed by atoms with van der Waals surface area (Å²) >= 11 is 12.3. The van der Waals surface area contributed by atoms with E-state index in [-0.39, 0.29) is 11.9 Å². The zero-order chi connectivity index (χ0) is 13.4. The lowest BCUT2D eigenvalue weighted by Crippen LogP contribution is -2.42. The van der Waals surface area contributed by atoms with E-state index < -0.39 is 0 Å². The quantitative estimate of drug-likeness (QED) is 0.864. The third kappa shape index (κ3) is 2.35. The van der Waals surface area contributed by atoms with Crippen LogP contribution in [0.1, 0.15) is 29.6 Å². The van der Waals surface area contributed by atoms with Gasteiger partial charge in [0.15, 0.2) is 0 Å². The Bertz CT molecular complexity index is 472. The number of carbonyl (C=O) groups excluding carboxylic acids is 1. The Labute approximate surface area is 122 Å². The molecule has 0 radical (unpaired) electrons. The lowest BCUT2D eigenvalue weighted by molar-refractivity contribution is 0.0680. The molecule has 1 aromatic rings. The summed E-state index contributed by atoms with van der Waals surface area (Å²) < 4.78 is 0. The van der Waals surface area contributed by atoms with Crippen molar-refractivity contribution in [3.8, 4) is 0 Å². The molecule has 1 N–H and O–H groups in total. The second-order valence-electron chi connectivity index (χ2n) is 5.19. The molecule has 0 aliphatic carbocycles. The normalized spacial score (nSPS) is 26.3. The van der Waals surface area contributed by atoms with Gasteiger partial charge in [-0.1, -0.05) is 29.3 Å². The van der Waals surface area contributed by atoms with Crippen molar-refractivity contribution in [1.82, 2.24) is 10.2 Å². The minimum absolute atomic E-state index is 0.0215. The molecule has 1 aromatic carbocycles. The van der Waals surface area contributed by atoms with Crippen molar-refractivity contribution in [2.45, 2.75) is 31.3 Å². The van der Waals surface area contributed by atoms with Gasteiger partial charge in [0.2, 0.25) is 0 Å². The van der Waals surface area contributed by atoms with E-state index in [9.17, 15) is 4.79 Å². The van der Waals surface area contributed by atoms with E-state index in [1.807, 2.05) is 4.90 Å². The Kier molecular flexibility index (Phi) is 3.70. The van der Waals surface area contributed by atoms with Gasteiger partial charge in [0, 0.05) is 18.6 Å². The first-order valence-electron chi connectivity index (χ1n) is 6.66. The Balaban J connectivity index is 1.95. The average Bonchev–Trinajstić information content (AvgIpc) is 2.62. The first-order valence-corrected chi connectivity index (χ1v) is 7.41. The van der Waals surface area contributed by atoms with E-state index in [0.717, 1.165) is 32.4 Å². The zero-order valence-electron chi connectivity index (χ0n) is 10.5. The molecule has 0 aromatic heterocycles. The molecule has 2 fully saturated rings. The minimum Gasteiger partial charge on any atom is -0.331 e. The number of nitrogens with zero attached hydrogens (tertiary/aromatic N) is 1. The number of hydrogen-bond donors (Lipinski definition) is 1. The van der Waals surface area contributed by atoms with E-state index in [0.29, 0.717) is 21.7 Å². The molecule has 2 unspecified atom stereocenters. The highest BCUT2D eigenvalue weighted by Crippen LogP contribution is 2.33. The summed E-state index contributed by atoms with van der Waals surface area (Å²) in [5.41, 5.74) is 0.449.